The van der Waals surface area contributed by atoms with E-state index in [4.69, 9.17) is 11.6 Å². The zero-order chi connectivity index (χ0) is 16.1. The van der Waals surface area contributed by atoms with Gasteiger partial charge in [-0.1, -0.05) is 41.6 Å². The SMILES string of the molecule is CCC(=O)Nc1nnc(SCC(=O)c2ccc(Cl)c(C)c2)s1. The largest absolute Gasteiger partial charge is 0.301 e. The highest BCUT2D eigenvalue weighted by Crippen LogP contribution is 2.26. The van der Waals surface area contributed by atoms with Gasteiger partial charge in [-0.05, 0) is 30.7 Å². The summed E-state index contributed by atoms with van der Waals surface area (Å²) in [5.41, 5.74) is 1.50. The lowest BCUT2D eigenvalue weighted by Gasteiger charge is -2.02. The third-order valence-electron chi connectivity index (χ3n) is 2.78. The molecular weight excluding hydrogens is 342 g/mol. The minimum Gasteiger partial charge on any atom is -0.301 e. The number of carbonyl (C=O) groups is 2. The molecule has 116 valence electrons. The maximum atomic E-state index is 12.1. The van der Waals surface area contributed by atoms with Crippen molar-refractivity contribution in [3.8, 4) is 0 Å². The Morgan fingerprint density at radius 2 is 2.14 bits per heavy atom. The first-order valence-electron chi connectivity index (χ1n) is 6.55. The molecular formula is C14H14ClN3O2S2. The summed E-state index contributed by atoms with van der Waals surface area (Å²) in [7, 11) is 0. The van der Waals surface area contributed by atoms with Crippen molar-refractivity contribution in [2.24, 2.45) is 0 Å². The molecule has 0 saturated carbocycles. The number of aromatic nitrogens is 2. The van der Waals surface area contributed by atoms with Crippen LogP contribution in [0.15, 0.2) is 22.5 Å². The molecule has 5 nitrogen and oxygen atoms in total. The van der Waals surface area contributed by atoms with Gasteiger partial charge in [0.15, 0.2) is 10.1 Å². The Bertz CT molecular complexity index is 703. The molecule has 0 bridgehead atoms. The number of carbonyl (C=O) groups excluding carboxylic acids is 2. The van der Waals surface area contributed by atoms with Gasteiger partial charge in [-0.15, -0.1) is 10.2 Å². The molecule has 2 rings (SSSR count). The molecule has 0 saturated heterocycles. The Morgan fingerprint density at radius 1 is 1.36 bits per heavy atom. The van der Waals surface area contributed by atoms with Crippen molar-refractivity contribution in [2.45, 2.75) is 24.6 Å². The molecule has 0 radical (unpaired) electrons. The first kappa shape index (κ1) is 16.9. The molecule has 0 aliphatic carbocycles. The quantitative estimate of drug-likeness (QED) is 0.484. The van der Waals surface area contributed by atoms with Crippen LogP contribution in [0.3, 0.4) is 0 Å². The van der Waals surface area contributed by atoms with E-state index >= 15 is 0 Å². The molecule has 0 unspecified atom stereocenters. The molecule has 1 N–H and O–H groups in total. The van der Waals surface area contributed by atoms with Crippen molar-refractivity contribution in [1.29, 1.82) is 0 Å². The smallest absolute Gasteiger partial charge is 0.225 e. The van der Waals surface area contributed by atoms with Crippen LogP contribution in [0.1, 0.15) is 29.3 Å². The summed E-state index contributed by atoms with van der Waals surface area (Å²) < 4.78 is 0.644. The lowest BCUT2D eigenvalue weighted by atomic mass is 10.1. The number of Topliss-reactive ketones (excluding diaryl/α,β-unsaturated/α-hetero) is 1. The summed E-state index contributed by atoms with van der Waals surface area (Å²) >= 11 is 8.50. The van der Waals surface area contributed by atoms with Crippen LogP contribution in [0.5, 0.6) is 0 Å². The van der Waals surface area contributed by atoms with Crippen LogP contribution in [0.4, 0.5) is 5.13 Å². The number of aryl methyl sites for hydroxylation is 1. The predicted molar refractivity (Wildman–Crippen MR) is 90.1 cm³/mol. The summed E-state index contributed by atoms with van der Waals surface area (Å²) in [6.45, 7) is 3.62. The minimum atomic E-state index is -0.111. The highest BCUT2D eigenvalue weighted by molar-refractivity contribution is 8.01. The summed E-state index contributed by atoms with van der Waals surface area (Å²) in [5.74, 6) is 0.150. The van der Waals surface area contributed by atoms with E-state index < -0.39 is 0 Å². The van der Waals surface area contributed by atoms with Gasteiger partial charge in [-0.25, -0.2) is 0 Å². The van der Waals surface area contributed by atoms with Crippen molar-refractivity contribution < 1.29 is 9.59 Å². The van der Waals surface area contributed by atoms with E-state index in [1.807, 2.05) is 6.92 Å². The van der Waals surface area contributed by atoms with E-state index in [-0.39, 0.29) is 17.4 Å². The highest BCUT2D eigenvalue weighted by Gasteiger charge is 2.12. The summed E-state index contributed by atoms with van der Waals surface area (Å²) in [5, 5.41) is 11.5. The Hall–Kier alpha value is -1.44. The van der Waals surface area contributed by atoms with Crippen LogP contribution < -0.4 is 5.32 Å². The number of rotatable bonds is 6. The molecule has 0 aliphatic heterocycles. The second-order valence-electron chi connectivity index (χ2n) is 4.45. The molecule has 0 spiro atoms. The molecule has 1 aromatic carbocycles. The van der Waals surface area contributed by atoms with Gasteiger partial charge >= 0.3 is 0 Å². The van der Waals surface area contributed by atoms with Crippen molar-refractivity contribution >= 4 is 51.5 Å². The van der Waals surface area contributed by atoms with Gasteiger partial charge in [0.1, 0.15) is 0 Å². The van der Waals surface area contributed by atoms with Crippen LogP contribution in [0.25, 0.3) is 0 Å². The second kappa shape index (κ2) is 7.71. The minimum absolute atomic E-state index is 0.000824. The summed E-state index contributed by atoms with van der Waals surface area (Å²) in [6.07, 6.45) is 0.385. The Kier molecular flexibility index (Phi) is 5.93. The van der Waals surface area contributed by atoms with E-state index in [2.05, 4.69) is 15.5 Å². The van der Waals surface area contributed by atoms with Gasteiger partial charge in [0, 0.05) is 17.0 Å². The monoisotopic (exact) mass is 355 g/mol. The first-order valence-corrected chi connectivity index (χ1v) is 8.73. The van der Waals surface area contributed by atoms with Gasteiger partial charge in [-0.2, -0.15) is 0 Å². The number of halogens is 1. The normalized spacial score (nSPS) is 10.5. The Balaban J connectivity index is 1.93. The standard InChI is InChI=1S/C14H14ClN3O2S2/c1-3-12(20)16-13-17-18-14(22-13)21-7-11(19)9-4-5-10(15)8(2)6-9/h4-6H,3,7H2,1-2H3,(H,16,17,20). The number of ketones is 1. The molecule has 0 aliphatic rings. The number of hydrogen-bond donors (Lipinski definition) is 1. The summed E-state index contributed by atoms with van der Waals surface area (Å²) in [4.78, 5) is 23.4. The highest BCUT2D eigenvalue weighted by atomic mass is 35.5. The number of hydrogen-bond acceptors (Lipinski definition) is 6. The summed E-state index contributed by atoms with van der Waals surface area (Å²) in [6, 6.07) is 5.21. The average Bonchev–Trinajstić information content (AvgIpc) is 2.95. The van der Waals surface area contributed by atoms with Crippen LogP contribution >= 0.6 is 34.7 Å². The van der Waals surface area contributed by atoms with Crippen molar-refractivity contribution in [3.05, 3.63) is 34.3 Å². The van der Waals surface area contributed by atoms with Crippen molar-refractivity contribution in [2.75, 3.05) is 11.1 Å². The fourth-order valence-electron chi connectivity index (χ4n) is 1.56. The number of amides is 1. The number of benzene rings is 1. The average molecular weight is 356 g/mol. The lowest BCUT2D eigenvalue weighted by Crippen LogP contribution is -2.08. The van der Waals surface area contributed by atoms with Crippen LogP contribution in [-0.2, 0) is 4.79 Å². The fraction of sp³-hybridized carbons (Fsp3) is 0.286. The van der Waals surface area contributed by atoms with Gasteiger partial charge < -0.3 is 5.32 Å². The lowest BCUT2D eigenvalue weighted by molar-refractivity contribution is -0.115. The Labute approximate surface area is 141 Å². The first-order chi connectivity index (χ1) is 10.5. The molecule has 8 heteroatoms. The van der Waals surface area contributed by atoms with Gasteiger partial charge in [-0.3, -0.25) is 9.59 Å². The van der Waals surface area contributed by atoms with Crippen LogP contribution in [-0.4, -0.2) is 27.6 Å². The third kappa shape index (κ3) is 4.53. The number of nitrogens with zero attached hydrogens (tertiary/aromatic N) is 2. The molecule has 2 aromatic rings. The zero-order valence-electron chi connectivity index (χ0n) is 12.1. The molecule has 0 atom stereocenters. The van der Waals surface area contributed by atoms with E-state index in [1.54, 1.807) is 25.1 Å². The van der Waals surface area contributed by atoms with Crippen molar-refractivity contribution in [1.82, 2.24) is 10.2 Å². The van der Waals surface area contributed by atoms with E-state index in [1.165, 1.54) is 23.1 Å². The zero-order valence-corrected chi connectivity index (χ0v) is 14.4. The Morgan fingerprint density at radius 3 is 2.82 bits per heavy atom. The van der Waals surface area contributed by atoms with E-state index in [0.29, 0.717) is 26.5 Å². The third-order valence-corrected chi connectivity index (χ3v) is 5.18. The van der Waals surface area contributed by atoms with Crippen LogP contribution in [0.2, 0.25) is 5.02 Å². The number of thioether (sulfide) groups is 1. The van der Waals surface area contributed by atoms with E-state index in [9.17, 15) is 9.59 Å². The number of nitrogens with one attached hydrogen (secondary N) is 1. The maximum Gasteiger partial charge on any atom is 0.225 e. The molecule has 1 heterocycles. The molecule has 22 heavy (non-hydrogen) atoms. The fourth-order valence-corrected chi connectivity index (χ4v) is 3.34. The maximum absolute atomic E-state index is 12.1. The van der Waals surface area contributed by atoms with Gasteiger partial charge in [0.25, 0.3) is 0 Å². The van der Waals surface area contributed by atoms with Crippen LogP contribution in [0, 0.1) is 6.92 Å². The van der Waals surface area contributed by atoms with Crippen molar-refractivity contribution in [3.63, 3.8) is 0 Å². The predicted octanol–water partition coefficient (Wildman–Crippen LogP) is 3.82. The van der Waals surface area contributed by atoms with Gasteiger partial charge in [0.2, 0.25) is 11.0 Å². The molecule has 1 aromatic heterocycles. The molecule has 1 amide bonds. The number of anilines is 1. The molecule has 0 fully saturated rings. The topological polar surface area (TPSA) is 72.0 Å². The van der Waals surface area contributed by atoms with Gasteiger partial charge in [0.05, 0.1) is 5.75 Å². The second-order valence-corrected chi connectivity index (χ2v) is 7.06. The van der Waals surface area contributed by atoms with E-state index in [0.717, 1.165) is 5.56 Å².